The molecule has 1 aliphatic heterocycles. The first-order chi connectivity index (χ1) is 12.9. The Labute approximate surface area is 158 Å². The van der Waals surface area contributed by atoms with E-state index in [4.69, 9.17) is 28.4 Å². The maximum absolute atomic E-state index is 10.2. The predicted molar refractivity (Wildman–Crippen MR) is 97.6 cm³/mol. The quantitative estimate of drug-likeness (QED) is 0.829. The van der Waals surface area contributed by atoms with Gasteiger partial charge in [-0.15, -0.1) is 0 Å². The lowest BCUT2D eigenvalue weighted by atomic mass is 9.92. The zero-order valence-corrected chi connectivity index (χ0v) is 16.3. The summed E-state index contributed by atoms with van der Waals surface area (Å²) in [6.07, 6.45) is -0.758. The number of hydrogen-bond donors (Lipinski definition) is 1. The number of benzene rings is 2. The fourth-order valence-corrected chi connectivity index (χ4v) is 3.56. The fourth-order valence-electron chi connectivity index (χ4n) is 3.56. The van der Waals surface area contributed by atoms with Gasteiger partial charge in [0.15, 0.2) is 17.8 Å². The Hall–Kier alpha value is -2.48. The van der Waals surface area contributed by atoms with Crippen molar-refractivity contribution in [2.45, 2.75) is 19.0 Å². The third-order valence-corrected chi connectivity index (χ3v) is 4.69. The number of phenols is 1. The van der Waals surface area contributed by atoms with Gasteiger partial charge in [-0.3, -0.25) is 0 Å². The molecule has 27 heavy (non-hydrogen) atoms. The lowest BCUT2D eigenvalue weighted by Crippen LogP contribution is -2.31. The second-order valence-corrected chi connectivity index (χ2v) is 6.16. The summed E-state index contributed by atoms with van der Waals surface area (Å²) in [6.45, 7) is 1.93. The Kier molecular flexibility index (Phi) is 5.19. The fraction of sp³-hybridized carbons (Fsp3) is 0.400. The van der Waals surface area contributed by atoms with Crippen molar-refractivity contribution in [2.24, 2.45) is 0 Å². The average Bonchev–Trinajstić information content (AvgIpc) is 3.01. The van der Waals surface area contributed by atoms with Gasteiger partial charge >= 0.3 is 0 Å². The molecule has 0 fully saturated rings. The molecule has 1 aliphatic rings. The van der Waals surface area contributed by atoms with E-state index in [1.54, 1.807) is 20.3 Å². The molecule has 0 unspecified atom stereocenters. The summed E-state index contributed by atoms with van der Waals surface area (Å²) in [4.78, 5) is 0. The van der Waals surface area contributed by atoms with Gasteiger partial charge in [-0.1, -0.05) is 0 Å². The highest BCUT2D eigenvalue weighted by atomic mass is 16.8. The van der Waals surface area contributed by atoms with Gasteiger partial charge in [0.25, 0.3) is 0 Å². The topological polar surface area (TPSA) is 75.6 Å². The SMILES string of the molecule is COc1cc(C)cc([C@]2(OC)O[C@@H](OC)c3c(OC)cc(O)cc32)c1OC. The van der Waals surface area contributed by atoms with Gasteiger partial charge in [0.2, 0.25) is 5.79 Å². The van der Waals surface area contributed by atoms with Crippen LogP contribution in [-0.4, -0.2) is 40.7 Å². The number of aryl methyl sites for hydroxylation is 1. The number of hydrogen-bond acceptors (Lipinski definition) is 7. The van der Waals surface area contributed by atoms with E-state index in [2.05, 4.69) is 0 Å². The van der Waals surface area contributed by atoms with Crippen molar-refractivity contribution in [2.75, 3.05) is 35.5 Å². The molecule has 3 rings (SSSR count). The Morgan fingerprint density at radius 3 is 2.15 bits per heavy atom. The third-order valence-electron chi connectivity index (χ3n) is 4.69. The van der Waals surface area contributed by atoms with Crippen LogP contribution in [0.1, 0.15) is 28.5 Å². The van der Waals surface area contributed by atoms with E-state index in [1.165, 1.54) is 27.4 Å². The maximum atomic E-state index is 10.2. The highest BCUT2D eigenvalue weighted by Crippen LogP contribution is 2.55. The first kappa shape index (κ1) is 19.3. The molecule has 1 N–H and O–H groups in total. The molecule has 2 aromatic carbocycles. The van der Waals surface area contributed by atoms with E-state index < -0.39 is 12.1 Å². The summed E-state index contributed by atoms with van der Waals surface area (Å²) in [6, 6.07) is 6.84. The van der Waals surface area contributed by atoms with E-state index in [1.807, 2.05) is 19.1 Å². The van der Waals surface area contributed by atoms with Gasteiger partial charge in [0, 0.05) is 25.8 Å². The lowest BCUT2D eigenvalue weighted by molar-refractivity contribution is -0.268. The van der Waals surface area contributed by atoms with Crippen LogP contribution in [0.15, 0.2) is 24.3 Å². The molecule has 0 radical (unpaired) electrons. The van der Waals surface area contributed by atoms with Crippen molar-refractivity contribution < 1.29 is 33.5 Å². The highest BCUT2D eigenvalue weighted by molar-refractivity contribution is 5.59. The smallest absolute Gasteiger partial charge is 0.229 e. The number of methoxy groups -OCH3 is 5. The lowest BCUT2D eigenvalue weighted by Gasteiger charge is -2.31. The molecule has 0 aromatic heterocycles. The van der Waals surface area contributed by atoms with Crippen LogP contribution in [0.5, 0.6) is 23.0 Å². The normalized spacial score (nSPS) is 21.0. The van der Waals surface area contributed by atoms with Crippen molar-refractivity contribution in [3.8, 4) is 23.0 Å². The van der Waals surface area contributed by atoms with E-state index in [0.717, 1.165) is 5.56 Å². The highest BCUT2D eigenvalue weighted by Gasteiger charge is 2.51. The Balaban J connectivity index is 2.37. The Bertz CT molecular complexity index is 849. The largest absolute Gasteiger partial charge is 0.508 e. The van der Waals surface area contributed by atoms with Crippen LogP contribution in [0, 0.1) is 6.92 Å². The van der Waals surface area contributed by atoms with Gasteiger partial charge < -0.3 is 33.5 Å². The van der Waals surface area contributed by atoms with Gasteiger partial charge in [-0.05, 0) is 30.7 Å². The molecule has 0 spiro atoms. The minimum absolute atomic E-state index is 0.0194. The monoisotopic (exact) mass is 376 g/mol. The van der Waals surface area contributed by atoms with Gasteiger partial charge in [-0.25, -0.2) is 0 Å². The molecule has 7 heteroatoms. The molecule has 0 aliphatic carbocycles. The summed E-state index contributed by atoms with van der Waals surface area (Å²) in [5, 5.41) is 10.2. The second kappa shape index (κ2) is 7.26. The summed E-state index contributed by atoms with van der Waals surface area (Å²) in [7, 11) is 7.68. The first-order valence-electron chi connectivity index (χ1n) is 8.35. The summed E-state index contributed by atoms with van der Waals surface area (Å²) in [5.41, 5.74) is 2.73. The zero-order chi connectivity index (χ0) is 19.8. The minimum atomic E-state index is -1.38. The molecule has 2 aromatic rings. The molecule has 0 bridgehead atoms. The Morgan fingerprint density at radius 2 is 1.59 bits per heavy atom. The van der Waals surface area contributed by atoms with Crippen LogP contribution in [0.25, 0.3) is 0 Å². The van der Waals surface area contributed by atoms with Crippen LogP contribution in [-0.2, 0) is 20.0 Å². The number of rotatable bonds is 6. The summed E-state index contributed by atoms with van der Waals surface area (Å²) < 4.78 is 34.2. The first-order valence-corrected chi connectivity index (χ1v) is 8.35. The zero-order valence-electron chi connectivity index (χ0n) is 16.3. The molecular weight excluding hydrogens is 352 g/mol. The van der Waals surface area contributed by atoms with Crippen LogP contribution >= 0.6 is 0 Å². The van der Waals surface area contributed by atoms with E-state index in [0.29, 0.717) is 33.9 Å². The molecule has 2 atom stereocenters. The predicted octanol–water partition coefficient (Wildman–Crippen LogP) is 3.25. The summed E-state index contributed by atoms with van der Waals surface area (Å²) >= 11 is 0. The number of fused-ring (bicyclic) bond motifs is 1. The van der Waals surface area contributed by atoms with Crippen molar-refractivity contribution >= 4 is 0 Å². The molecule has 0 saturated carbocycles. The molecule has 0 saturated heterocycles. The van der Waals surface area contributed by atoms with Crippen LogP contribution in [0.3, 0.4) is 0 Å². The van der Waals surface area contributed by atoms with Crippen molar-refractivity contribution in [1.82, 2.24) is 0 Å². The molecular formula is C20H24O7. The average molecular weight is 376 g/mol. The molecule has 146 valence electrons. The van der Waals surface area contributed by atoms with Crippen LogP contribution < -0.4 is 14.2 Å². The van der Waals surface area contributed by atoms with Gasteiger partial charge in [-0.2, -0.15) is 0 Å². The van der Waals surface area contributed by atoms with Gasteiger partial charge in [0.05, 0.1) is 32.5 Å². The van der Waals surface area contributed by atoms with E-state index >= 15 is 0 Å². The third kappa shape index (κ3) is 2.88. The minimum Gasteiger partial charge on any atom is -0.508 e. The van der Waals surface area contributed by atoms with Crippen molar-refractivity contribution in [3.05, 3.63) is 46.5 Å². The Morgan fingerprint density at radius 1 is 0.889 bits per heavy atom. The number of ether oxygens (including phenoxy) is 6. The molecule has 7 nitrogen and oxygen atoms in total. The van der Waals surface area contributed by atoms with Crippen LogP contribution in [0.4, 0.5) is 0 Å². The second-order valence-electron chi connectivity index (χ2n) is 6.16. The van der Waals surface area contributed by atoms with E-state index in [-0.39, 0.29) is 5.75 Å². The number of phenolic OH excluding ortho intramolecular Hbond substituents is 1. The van der Waals surface area contributed by atoms with E-state index in [9.17, 15) is 5.11 Å². The van der Waals surface area contributed by atoms with Crippen molar-refractivity contribution in [1.29, 1.82) is 0 Å². The van der Waals surface area contributed by atoms with Crippen LogP contribution in [0.2, 0.25) is 0 Å². The molecule has 1 heterocycles. The maximum Gasteiger partial charge on any atom is 0.229 e. The molecule has 0 amide bonds. The van der Waals surface area contributed by atoms with Crippen molar-refractivity contribution in [3.63, 3.8) is 0 Å². The standard InChI is InChI=1S/C20H24O7/c1-11-7-14(18(24-4)16(8-11)23-3)20(26-6)13-9-12(21)10-15(22-2)17(13)19(25-5)27-20/h7-10,19,21H,1-6H3/t19-,20-/m1/s1. The van der Waals surface area contributed by atoms with Gasteiger partial charge in [0.1, 0.15) is 11.5 Å². The summed E-state index contributed by atoms with van der Waals surface area (Å²) in [5.74, 6) is 0.0875. The number of aromatic hydroxyl groups is 1.